The van der Waals surface area contributed by atoms with Crippen LogP contribution in [0.25, 0.3) is 0 Å². The van der Waals surface area contributed by atoms with Crippen LogP contribution in [0.5, 0.6) is 0 Å². The van der Waals surface area contributed by atoms with Gasteiger partial charge in [-0.2, -0.15) is 0 Å². The maximum Gasteiger partial charge on any atom is 0.345 e. The van der Waals surface area contributed by atoms with E-state index in [-0.39, 0.29) is 12.2 Å². The molecule has 1 aromatic rings. The summed E-state index contributed by atoms with van der Waals surface area (Å²) in [6.45, 7) is 3.75. The number of carbonyl (C=O) groups is 2. The van der Waals surface area contributed by atoms with E-state index in [1.165, 1.54) is 6.20 Å². The van der Waals surface area contributed by atoms with Crippen molar-refractivity contribution in [1.29, 1.82) is 0 Å². The molecule has 2 rings (SSSR count). The summed E-state index contributed by atoms with van der Waals surface area (Å²) in [5.74, 6) is -1.31. The molecule has 1 amide bonds. The Bertz CT molecular complexity index is 551. The molecule has 106 valence electrons. The molecule has 0 radical (unpaired) electrons. The van der Waals surface area contributed by atoms with Gasteiger partial charge >= 0.3 is 5.97 Å². The van der Waals surface area contributed by atoms with Crippen molar-refractivity contribution in [3.05, 3.63) is 41.6 Å². The average molecular weight is 276 g/mol. The van der Waals surface area contributed by atoms with E-state index in [9.17, 15) is 14.7 Å². The number of amides is 1. The first-order valence-corrected chi connectivity index (χ1v) is 6.26. The maximum atomic E-state index is 12.3. The van der Waals surface area contributed by atoms with Gasteiger partial charge in [0.05, 0.1) is 6.61 Å². The van der Waals surface area contributed by atoms with Crippen molar-refractivity contribution < 1.29 is 19.4 Å². The number of benzene rings is 1. The first kappa shape index (κ1) is 14.1. The van der Waals surface area contributed by atoms with Gasteiger partial charge in [0.1, 0.15) is 5.57 Å². The zero-order chi connectivity index (χ0) is 14.7. The highest BCUT2D eigenvalue weighted by Gasteiger charge is 2.34. The molecule has 1 aromatic carbocycles. The SMILES string of the molecule is CCOC(=O)C1=CNC(O)N(c2ccc(C)cc2)C1=O. The fraction of sp³-hybridized carbons (Fsp3) is 0.286. The molecule has 1 heterocycles. The standard InChI is InChI=1S/C14H16N2O4/c1-3-20-13(18)11-8-15-14(19)16(12(11)17)10-6-4-9(2)5-7-10/h4-8,14-15,19H,3H2,1-2H3. The van der Waals surface area contributed by atoms with Crippen molar-refractivity contribution in [2.45, 2.75) is 20.2 Å². The fourth-order valence-corrected chi connectivity index (χ4v) is 1.85. The molecular weight excluding hydrogens is 260 g/mol. The van der Waals surface area contributed by atoms with E-state index in [4.69, 9.17) is 4.74 Å². The molecule has 6 nitrogen and oxygen atoms in total. The van der Waals surface area contributed by atoms with Crippen LogP contribution in [-0.2, 0) is 14.3 Å². The van der Waals surface area contributed by atoms with Crippen molar-refractivity contribution >= 4 is 17.6 Å². The van der Waals surface area contributed by atoms with E-state index in [0.717, 1.165) is 10.5 Å². The normalized spacial score (nSPS) is 18.4. The topological polar surface area (TPSA) is 78.9 Å². The smallest absolute Gasteiger partial charge is 0.345 e. The zero-order valence-corrected chi connectivity index (χ0v) is 11.3. The van der Waals surface area contributed by atoms with Gasteiger partial charge in [0, 0.05) is 11.9 Å². The summed E-state index contributed by atoms with van der Waals surface area (Å²) >= 11 is 0. The maximum absolute atomic E-state index is 12.3. The van der Waals surface area contributed by atoms with Crippen LogP contribution in [0.3, 0.4) is 0 Å². The van der Waals surface area contributed by atoms with Gasteiger partial charge in [-0.15, -0.1) is 0 Å². The van der Waals surface area contributed by atoms with E-state index in [0.29, 0.717) is 5.69 Å². The fourth-order valence-electron chi connectivity index (χ4n) is 1.85. The van der Waals surface area contributed by atoms with Crippen molar-refractivity contribution in [1.82, 2.24) is 5.32 Å². The number of aryl methyl sites for hydroxylation is 1. The van der Waals surface area contributed by atoms with Crippen molar-refractivity contribution in [2.75, 3.05) is 11.5 Å². The number of esters is 1. The third kappa shape index (κ3) is 2.65. The molecular formula is C14H16N2O4. The van der Waals surface area contributed by atoms with Gasteiger partial charge in [-0.1, -0.05) is 17.7 Å². The van der Waals surface area contributed by atoms with Crippen LogP contribution in [0, 0.1) is 6.92 Å². The molecule has 0 aromatic heterocycles. The number of hydrogen-bond donors (Lipinski definition) is 2. The van der Waals surface area contributed by atoms with E-state index < -0.39 is 18.2 Å². The molecule has 0 bridgehead atoms. The lowest BCUT2D eigenvalue weighted by atomic mass is 10.1. The number of anilines is 1. The Kier molecular flexibility index (Phi) is 4.05. The van der Waals surface area contributed by atoms with Crippen molar-refractivity contribution in [2.24, 2.45) is 0 Å². The molecule has 2 N–H and O–H groups in total. The van der Waals surface area contributed by atoms with E-state index in [1.807, 2.05) is 19.1 Å². The van der Waals surface area contributed by atoms with Gasteiger partial charge in [-0.3, -0.25) is 9.69 Å². The minimum atomic E-state index is -1.22. The summed E-state index contributed by atoms with van der Waals surface area (Å²) in [5, 5.41) is 12.5. The first-order chi connectivity index (χ1) is 9.54. The second-order valence-corrected chi connectivity index (χ2v) is 4.33. The van der Waals surface area contributed by atoms with Crippen LogP contribution in [0.2, 0.25) is 0 Å². The predicted molar refractivity (Wildman–Crippen MR) is 72.5 cm³/mol. The number of aliphatic hydroxyl groups is 1. The number of nitrogens with one attached hydrogen (secondary N) is 1. The summed E-state index contributed by atoms with van der Waals surface area (Å²) in [6.07, 6.45) is -0.0428. The van der Waals surface area contributed by atoms with Crippen LogP contribution < -0.4 is 10.2 Å². The van der Waals surface area contributed by atoms with Crippen LogP contribution in [0.15, 0.2) is 36.0 Å². The van der Waals surface area contributed by atoms with E-state index in [1.54, 1.807) is 19.1 Å². The van der Waals surface area contributed by atoms with Gasteiger partial charge in [-0.25, -0.2) is 4.79 Å². The lowest BCUT2D eigenvalue weighted by molar-refractivity contribution is -0.140. The first-order valence-electron chi connectivity index (χ1n) is 6.26. The molecule has 0 fully saturated rings. The summed E-state index contributed by atoms with van der Waals surface area (Å²) in [6, 6.07) is 7.04. The van der Waals surface area contributed by atoms with Crippen LogP contribution in [0.1, 0.15) is 12.5 Å². The molecule has 0 saturated carbocycles. The average Bonchev–Trinajstić information content (AvgIpc) is 2.41. The molecule has 1 unspecified atom stereocenters. The molecule has 0 saturated heterocycles. The molecule has 1 atom stereocenters. The third-order valence-electron chi connectivity index (χ3n) is 2.88. The number of nitrogens with zero attached hydrogens (tertiary/aromatic N) is 1. The molecule has 0 aliphatic carbocycles. The molecule has 0 spiro atoms. The number of ether oxygens (including phenoxy) is 1. The monoisotopic (exact) mass is 276 g/mol. The lowest BCUT2D eigenvalue weighted by Crippen LogP contribution is -2.52. The molecule has 1 aliphatic heterocycles. The molecule has 1 aliphatic rings. The highest BCUT2D eigenvalue weighted by Crippen LogP contribution is 2.21. The summed E-state index contributed by atoms with van der Waals surface area (Å²) < 4.78 is 4.81. The highest BCUT2D eigenvalue weighted by molar-refractivity contribution is 6.22. The van der Waals surface area contributed by atoms with Crippen molar-refractivity contribution in [3.8, 4) is 0 Å². The Morgan fingerprint density at radius 2 is 2.05 bits per heavy atom. The molecule has 6 heteroatoms. The van der Waals surface area contributed by atoms with Gasteiger partial charge in [0.2, 0.25) is 6.35 Å². The minimum absolute atomic E-state index is 0.141. The second-order valence-electron chi connectivity index (χ2n) is 4.33. The molecule has 20 heavy (non-hydrogen) atoms. The van der Waals surface area contributed by atoms with Crippen molar-refractivity contribution in [3.63, 3.8) is 0 Å². The minimum Gasteiger partial charge on any atom is -0.462 e. The summed E-state index contributed by atoms with van der Waals surface area (Å²) in [7, 11) is 0. The Balaban J connectivity index is 2.30. The Morgan fingerprint density at radius 1 is 1.40 bits per heavy atom. The zero-order valence-electron chi connectivity index (χ0n) is 11.3. The third-order valence-corrected chi connectivity index (χ3v) is 2.88. The number of rotatable bonds is 3. The predicted octanol–water partition coefficient (Wildman–Crippen LogP) is 0.654. The Hall–Kier alpha value is -2.34. The number of hydrogen-bond acceptors (Lipinski definition) is 5. The number of aliphatic hydroxyl groups excluding tert-OH is 1. The largest absolute Gasteiger partial charge is 0.462 e. The number of carbonyl (C=O) groups excluding carboxylic acids is 2. The summed E-state index contributed by atoms with van der Waals surface area (Å²) in [4.78, 5) is 25.1. The quantitative estimate of drug-likeness (QED) is 0.626. The van der Waals surface area contributed by atoms with Gasteiger partial charge in [0.15, 0.2) is 0 Å². The Labute approximate surface area is 116 Å². The van der Waals surface area contributed by atoms with Gasteiger partial charge in [-0.05, 0) is 26.0 Å². The van der Waals surface area contributed by atoms with E-state index >= 15 is 0 Å². The Morgan fingerprint density at radius 3 is 2.65 bits per heavy atom. The lowest BCUT2D eigenvalue weighted by Gasteiger charge is -2.32. The van der Waals surface area contributed by atoms with Crippen LogP contribution in [-0.4, -0.2) is 29.9 Å². The second kappa shape index (κ2) is 5.75. The van der Waals surface area contributed by atoms with Gasteiger partial charge < -0.3 is 15.2 Å². The van der Waals surface area contributed by atoms with Crippen LogP contribution in [0.4, 0.5) is 5.69 Å². The van der Waals surface area contributed by atoms with E-state index in [2.05, 4.69) is 5.32 Å². The van der Waals surface area contributed by atoms with Crippen LogP contribution >= 0.6 is 0 Å². The summed E-state index contributed by atoms with van der Waals surface area (Å²) in [5.41, 5.74) is 1.38. The highest BCUT2D eigenvalue weighted by atomic mass is 16.5. The van der Waals surface area contributed by atoms with Gasteiger partial charge in [0.25, 0.3) is 5.91 Å².